The van der Waals surface area contributed by atoms with Gasteiger partial charge in [-0.15, -0.1) is 0 Å². The fraction of sp³-hybridized carbons (Fsp3) is 0.350. The Morgan fingerprint density at radius 2 is 1.70 bits per heavy atom. The Balaban J connectivity index is 1.49. The largest absolute Gasteiger partial charge is 0.350 e. The molecule has 1 amide bonds. The van der Waals surface area contributed by atoms with Crippen molar-refractivity contribution in [1.82, 2.24) is 5.32 Å². The third-order valence-electron chi connectivity index (χ3n) is 5.04. The molecule has 1 N–H and O–H groups in total. The maximum absolute atomic E-state index is 12.5. The minimum Gasteiger partial charge on any atom is -0.350 e. The molecule has 0 unspecified atom stereocenters. The van der Waals surface area contributed by atoms with E-state index in [1.54, 1.807) is 11.8 Å². The number of hydrogen-bond donors (Lipinski definition) is 1. The molecule has 2 aliphatic heterocycles. The highest BCUT2D eigenvalue weighted by Gasteiger charge is 2.39. The molecule has 2 heterocycles. The first kappa shape index (κ1) is 18.4. The third-order valence-corrected chi connectivity index (χ3v) is 8.07. The van der Waals surface area contributed by atoms with Crippen LogP contribution in [0.5, 0.6) is 0 Å². The summed E-state index contributed by atoms with van der Waals surface area (Å²) in [7, 11) is -3.04. The van der Waals surface area contributed by atoms with Gasteiger partial charge in [-0.1, -0.05) is 36.0 Å². The fourth-order valence-corrected chi connectivity index (χ4v) is 6.93. The number of amides is 1. The van der Waals surface area contributed by atoms with Gasteiger partial charge in [-0.25, -0.2) is 8.42 Å². The van der Waals surface area contributed by atoms with E-state index in [9.17, 15) is 13.2 Å². The molecule has 5 nitrogen and oxygen atoms in total. The molecule has 2 aromatic rings. The van der Waals surface area contributed by atoms with Crippen molar-refractivity contribution in [3.63, 3.8) is 0 Å². The first-order chi connectivity index (χ1) is 12.9. The standard InChI is InChI=1S/C20H22N2O3S2/c1-20(11-13-27(24,25)14-20)21-19(23)10-12-22-15-6-2-4-8-17(15)26-18-9-5-3-7-16(18)22/h2-9H,10-14H2,1H3,(H,21,23)/t20-/m0/s1. The number of carbonyl (C=O) groups excluding carboxylic acids is 1. The number of benzene rings is 2. The van der Waals surface area contributed by atoms with E-state index in [1.165, 1.54) is 9.79 Å². The van der Waals surface area contributed by atoms with Gasteiger partial charge >= 0.3 is 0 Å². The smallest absolute Gasteiger partial charge is 0.222 e. The van der Waals surface area contributed by atoms with Gasteiger partial charge in [-0.05, 0) is 37.6 Å². The molecule has 4 rings (SSSR count). The van der Waals surface area contributed by atoms with E-state index >= 15 is 0 Å². The molecular formula is C20H22N2O3S2. The summed E-state index contributed by atoms with van der Waals surface area (Å²) in [6.07, 6.45) is 0.788. The topological polar surface area (TPSA) is 66.5 Å². The summed E-state index contributed by atoms with van der Waals surface area (Å²) < 4.78 is 23.5. The van der Waals surface area contributed by atoms with Crippen molar-refractivity contribution in [2.24, 2.45) is 0 Å². The molecule has 0 radical (unpaired) electrons. The second kappa shape index (κ2) is 6.87. The minimum absolute atomic E-state index is 0.0256. The van der Waals surface area contributed by atoms with Crippen LogP contribution in [0, 0.1) is 0 Å². The number of para-hydroxylation sites is 2. The lowest BCUT2D eigenvalue weighted by Crippen LogP contribution is -2.47. The molecule has 0 aliphatic carbocycles. The lowest BCUT2D eigenvalue weighted by atomic mass is 10.0. The average Bonchev–Trinajstić information content (AvgIpc) is 2.91. The Hall–Kier alpha value is -1.99. The normalized spacial score (nSPS) is 22.8. The summed E-state index contributed by atoms with van der Waals surface area (Å²) in [5, 5.41) is 2.95. The van der Waals surface area contributed by atoms with Crippen LogP contribution in [-0.2, 0) is 14.6 Å². The fourth-order valence-electron chi connectivity index (χ4n) is 3.74. The molecule has 27 heavy (non-hydrogen) atoms. The van der Waals surface area contributed by atoms with Gasteiger partial charge in [-0.3, -0.25) is 4.79 Å². The molecule has 0 spiro atoms. The van der Waals surface area contributed by atoms with E-state index < -0.39 is 15.4 Å². The number of anilines is 2. The van der Waals surface area contributed by atoms with E-state index in [2.05, 4.69) is 34.5 Å². The molecule has 7 heteroatoms. The van der Waals surface area contributed by atoms with Crippen molar-refractivity contribution < 1.29 is 13.2 Å². The predicted octanol–water partition coefficient (Wildman–Crippen LogP) is 3.37. The Morgan fingerprint density at radius 1 is 1.11 bits per heavy atom. The van der Waals surface area contributed by atoms with Gasteiger partial charge in [0.25, 0.3) is 0 Å². The molecule has 142 valence electrons. The van der Waals surface area contributed by atoms with Crippen LogP contribution in [0.3, 0.4) is 0 Å². The van der Waals surface area contributed by atoms with Gasteiger partial charge in [0.1, 0.15) is 0 Å². The summed E-state index contributed by atoms with van der Waals surface area (Å²) in [5.41, 5.74) is 1.55. The molecule has 0 saturated carbocycles. The number of nitrogens with one attached hydrogen (secondary N) is 1. The van der Waals surface area contributed by atoms with Gasteiger partial charge in [0.05, 0.1) is 28.4 Å². The first-order valence-electron chi connectivity index (χ1n) is 9.00. The number of nitrogens with zero attached hydrogens (tertiary/aromatic N) is 1. The lowest BCUT2D eigenvalue weighted by Gasteiger charge is -2.33. The van der Waals surface area contributed by atoms with Crippen molar-refractivity contribution in [2.75, 3.05) is 23.0 Å². The van der Waals surface area contributed by atoms with Crippen LogP contribution in [0.15, 0.2) is 58.3 Å². The van der Waals surface area contributed by atoms with Crippen LogP contribution in [0.1, 0.15) is 19.8 Å². The molecule has 2 aliphatic rings. The molecule has 0 bridgehead atoms. The maximum Gasteiger partial charge on any atom is 0.222 e. The Morgan fingerprint density at radius 3 is 2.26 bits per heavy atom. The second-order valence-electron chi connectivity index (χ2n) is 7.39. The third kappa shape index (κ3) is 3.84. The highest BCUT2D eigenvalue weighted by molar-refractivity contribution is 7.99. The van der Waals surface area contributed by atoms with Crippen molar-refractivity contribution in [3.8, 4) is 0 Å². The summed E-state index contributed by atoms with van der Waals surface area (Å²) in [5.74, 6) is 0.0637. The van der Waals surface area contributed by atoms with Gasteiger partial charge in [0.15, 0.2) is 9.84 Å². The van der Waals surface area contributed by atoms with E-state index in [-0.39, 0.29) is 17.4 Å². The Labute approximate surface area is 164 Å². The summed E-state index contributed by atoms with van der Waals surface area (Å²) in [6, 6.07) is 16.4. The highest BCUT2D eigenvalue weighted by atomic mass is 32.2. The van der Waals surface area contributed by atoms with Crippen molar-refractivity contribution in [1.29, 1.82) is 0 Å². The molecular weight excluding hydrogens is 380 g/mol. The summed E-state index contributed by atoms with van der Waals surface area (Å²) >= 11 is 1.74. The number of sulfone groups is 1. The lowest BCUT2D eigenvalue weighted by molar-refractivity contribution is -0.122. The highest BCUT2D eigenvalue weighted by Crippen LogP contribution is 2.47. The molecule has 2 aromatic carbocycles. The number of fused-ring (bicyclic) bond motifs is 2. The predicted molar refractivity (Wildman–Crippen MR) is 108 cm³/mol. The molecule has 1 atom stereocenters. The minimum atomic E-state index is -3.04. The summed E-state index contributed by atoms with van der Waals surface area (Å²) in [4.78, 5) is 17.1. The zero-order valence-corrected chi connectivity index (χ0v) is 16.8. The van der Waals surface area contributed by atoms with Crippen LogP contribution in [0.2, 0.25) is 0 Å². The van der Waals surface area contributed by atoms with E-state index in [4.69, 9.17) is 0 Å². The van der Waals surface area contributed by atoms with E-state index in [0.29, 0.717) is 19.4 Å². The molecule has 1 fully saturated rings. The molecule has 0 aromatic heterocycles. The van der Waals surface area contributed by atoms with Gasteiger partial charge < -0.3 is 10.2 Å². The van der Waals surface area contributed by atoms with E-state index in [1.807, 2.05) is 31.2 Å². The number of rotatable bonds is 4. The van der Waals surface area contributed by atoms with Crippen molar-refractivity contribution in [2.45, 2.75) is 35.1 Å². The Bertz CT molecular complexity index is 945. The maximum atomic E-state index is 12.5. The van der Waals surface area contributed by atoms with Crippen LogP contribution >= 0.6 is 11.8 Å². The van der Waals surface area contributed by atoms with Gasteiger partial charge in [0, 0.05) is 22.8 Å². The second-order valence-corrected chi connectivity index (χ2v) is 10.7. The summed E-state index contributed by atoms with van der Waals surface area (Å²) in [6.45, 7) is 2.36. The van der Waals surface area contributed by atoms with E-state index in [0.717, 1.165) is 11.4 Å². The number of carbonyl (C=O) groups is 1. The van der Waals surface area contributed by atoms with Crippen LogP contribution in [0.4, 0.5) is 11.4 Å². The first-order valence-corrected chi connectivity index (χ1v) is 11.6. The SMILES string of the molecule is C[C@]1(NC(=O)CCN2c3ccccc3Sc3ccccc32)CCS(=O)(=O)C1. The molecule has 1 saturated heterocycles. The zero-order chi connectivity index (χ0) is 19.1. The van der Waals surface area contributed by atoms with Crippen LogP contribution < -0.4 is 10.2 Å². The van der Waals surface area contributed by atoms with Gasteiger partial charge in [0.2, 0.25) is 5.91 Å². The van der Waals surface area contributed by atoms with Crippen LogP contribution in [-0.4, -0.2) is 37.9 Å². The Kier molecular flexibility index (Phi) is 4.68. The van der Waals surface area contributed by atoms with Crippen molar-refractivity contribution >= 4 is 38.9 Å². The number of hydrogen-bond acceptors (Lipinski definition) is 5. The van der Waals surface area contributed by atoms with Crippen LogP contribution in [0.25, 0.3) is 0 Å². The quantitative estimate of drug-likeness (QED) is 0.849. The van der Waals surface area contributed by atoms with Crippen molar-refractivity contribution in [3.05, 3.63) is 48.5 Å². The monoisotopic (exact) mass is 402 g/mol. The average molecular weight is 403 g/mol. The zero-order valence-electron chi connectivity index (χ0n) is 15.1. The van der Waals surface area contributed by atoms with Gasteiger partial charge in [-0.2, -0.15) is 0 Å².